The number of benzene rings is 2. The van der Waals surface area contributed by atoms with Crippen LogP contribution < -0.4 is 10.5 Å². The molecule has 0 aliphatic carbocycles. The molecule has 0 heterocycles. The van der Waals surface area contributed by atoms with E-state index >= 15 is 0 Å². The molecule has 0 bridgehead atoms. The number of hydrogen-bond acceptors (Lipinski definition) is 9. The number of carbonyl (C=O) groups excluding carboxylic acids is 2. The summed E-state index contributed by atoms with van der Waals surface area (Å²) in [5.74, 6) is -0.108. The fourth-order valence-electron chi connectivity index (χ4n) is 3.59. The highest BCUT2D eigenvalue weighted by Gasteiger charge is 2.22. The molecule has 10 heteroatoms. The second kappa shape index (κ2) is 17.4. The van der Waals surface area contributed by atoms with Crippen molar-refractivity contribution in [1.29, 1.82) is 0 Å². The van der Waals surface area contributed by atoms with Crippen molar-refractivity contribution in [1.82, 2.24) is 0 Å². The van der Waals surface area contributed by atoms with Gasteiger partial charge in [0.25, 0.3) is 5.09 Å². The lowest BCUT2D eigenvalue weighted by Gasteiger charge is -2.22. The van der Waals surface area contributed by atoms with Crippen molar-refractivity contribution >= 4 is 18.0 Å². The fraction of sp³-hybridized carbons (Fsp3) is 0.379. The zero-order valence-corrected chi connectivity index (χ0v) is 22.2. The molecular formula is C29H36N2O8. The lowest BCUT2D eigenvalue weighted by Crippen LogP contribution is -2.15. The van der Waals surface area contributed by atoms with E-state index in [2.05, 4.69) is 18.3 Å². The zero-order chi connectivity index (χ0) is 28.5. The van der Waals surface area contributed by atoms with E-state index in [1.54, 1.807) is 42.5 Å². The number of rotatable bonds is 18. The summed E-state index contributed by atoms with van der Waals surface area (Å²) in [6.07, 6.45) is 6.53. The van der Waals surface area contributed by atoms with Gasteiger partial charge in [-0.1, -0.05) is 50.3 Å². The molecular weight excluding hydrogens is 504 g/mol. The van der Waals surface area contributed by atoms with E-state index in [9.17, 15) is 19.7 Å². The average molecular weight is 541 g/mol. The molecule has 2 aromatic rings. The molecule has 0 radical (unpaired) electrons. The maximum absolute atomic E-state index is 13.1. The van der Waals surface area contributed by atoms with Gasteiger partial charge in [0, 0.05) is 18.1 Å². The standard InChI is InChI=1S/C29H36N2O8/c1-3-4-11-27(38-22(2)18-19-30)25-9-5-6-10-26(25)29(33)39-24-15-12-23(13-16-24)14-17-28(32)36-20-7-8-21-37-31(34)35/h5-6,9-10,12-17,27H,2-4,7-8,11,18-21,30H2,1H3/b17-14+. The zero-order valence-electron chi connectivity index (χ0n) is 22.2. The first kappa shape index (κ1) is 31.0. The third-order valence-electron chi connectivity index (χ3n) is 5.56. The molecule has 0 aromatic heterocycles. The van der Waals surface area contributed by atoms with E-state index in [-0.39, 0.29) is 19.3 Å². The van der Waals surface area contributed by atoms with Gasteiger partial charge in [-0.2, -0.15) is 0 Å². The van der Waals surface area contributed by atoms with Gasteiger partial charge in [-0.3, -0.25) is 0 Å². The Morgan fingerprint density at radius 1 is 1.08 bits per heavy atom. The maximum atomic E-state index is 13.1. The van der Waals surface area contributed by atoms with Crippen LogP contribution in [0.1, 0.15) is 73.0 Å². The summed E-state index contributed by atoms with van der Waals surface area (Å²) in [7, 11) is 0. The van der Waals surface area contributed by atoms with Gasteiger partial charge in [0.2, 0.25) is 0 Å². The Hall–Kier alpha value is -4.18. The predicted molar refractivity (Wildman–Crippen MR) is 146 cm³/mol. The van der Waals surface area contributed by atoms with Crippen LogP contribution in [0.2, 0.25) is 0 Å². The number of esters is 2. The highest BCUT2D eigenvalue weighted by Crippen LogP contribution is 2.30. The van der Waals surface area contributed by atoms with Gasteiger partial charge in [0.05, 0.1) is 24.5 Å². The van der Waals surface area contributed by atoms with E-state index in [4.69, 9.17) is 19.9 Å². The van der Waals surface area contributed by atoms with Crippen molar-refractivity contribution < 1.29 is 33.7 Å². The van der Waals surface area contributed by atoms with Crippen LogP contribution in [0.5, 0.6) is 5.75 Å². The number of nitrogens with two attached hydrogens (primary N) is 1. The smallest absolute Gasteiger partial charge is 0.343 e. The second-order valence-electron chi connectivity index (χ2n) is 8.64. The largest absolute Gasteiger partial charge is 0.491 e. The molecule has 39 heavy (non-hydrogen) atoms. The molecule has 0 amide bonds. The lowest BCUT2D eigenvalue weighted by atomic mass is 9.98. The molecule has 1 unspecified atom stereocenters. The summed E-state index contributed by atoms with van der Waals surface area (Å²) in [6.45, 7) is 6.56. The molecule has 210 valence electrons. The minimum atomic E-state index is -0.859. The lowest BCUT2D eigenvalue weighted by molar-refractivity contribution is -0.757. The van der Waals surface area contributed by atoms with Gasteiger partial charge < -0.3 is 24.8 Å². The van der Waals surface area contributed by atoms with Crippen LogP contribution in [0.15, 0.2) is 66.9 Å². The van der Waals surface area contributed by atoms with E-state index in [0.29, 0.717) is 48.4 Å². The Labute approximate surface area is 228 Å². The Balaban J connectivity index is 1.96. The minimum absolute atomic E-state index is 0.0410. The first-order valence-corrected chi connectivity index (χ1v) is 12.9. The number of carbonyl (C=O) groups is 2. The van der Waals surface area contributed by atoms with Gasteiger partial charge in [-0.25, -0.2) is 9.59 Å². The van der Waals surface area contributed by atoms with Crippen molar-refractivity contribution in [3.05, 3.63) is 93.7 Å². The van der Waals surface area contributed by atoms with E-state index in [1.807, 2.05) is 12.1 Å². The summed E-state index contributed by atoms with van der Waals surface area (Å²) in [4.78, 5) is 39.2. The Bertz CT molecular complexity index is 1110. The molecule has 2 rings (SSSR count). The third kappa shape index (κ3) is 11.8. The van der Waals surface area contributed by atoms with Gasteiger partial charge in [-0.05, 0) is 62.1 Å². The number of ether oxygens (including phenoxy) is 3. The van der Waals surface area contributed by atoms with E-state index in [0.717, 1.165) is 24.8 Å². The minimum Gasteiger partial charge on any atom is -0.491 e. The first-order valence-electron chi connectivity index (χ1n) is 12.9. The van der Waals surface area contributed by atoms with Crippen molar-refractivity contribution in [2.45, 2.75) is 51.6 Å². The average Bonchev–Trinajstić information content (AvgIpc) is 2.92. The Kier molecular flexibility index (Phi) is 13.8. The maximum Gasteiger partial charge on any atom is 0.343 e. The van der Waals surface area contributed by atoms with Gasteiger partial charge in [-0.15, -0.1) is 10.1 Å². The van der Waals surface area contributed by atoms with Crippen LogP contribution in [0.4, 0.5) is 0 Å². The van der Waals surface area contributed by atoms with Gasteiger partial charge in [0.15, 0.2) is 0 Å². The van der Waals surface area contributed by atoms with Gasteiger partial charge in [0.1, 0.15) is 11.9 Å². The number of unbranched alkanes of at least 4 members (excludes halogenated alkanes) is 2. The topological polar surface area (TPSA) is 140 Å². The van der Waals surface area contributed by atoms with Crippen LogP contribution in [-0.4, -0.2) is 36.8 Å². The SMILES string of the molecule is C=C(CCN)OC(CCCC)c1ccccc1C(=O)Oc1ccc(/C=C/C(=O)OCCCCO[N+](=O)[O-])cc1. The summed E-state index contributed by atoms with van der Waals surface area (Å²) in [6, 6.07) is 13.9. The van der Waals surface area contributed by atoms with Gasteiger partial charge >= 0.3 is 11.9 Å². The Morgan fingerprint density at radius 2 is 1.79 bits per heavy atom. The van der Waals surface area contributed by atoms with Crippen LogP contribution >= 0.6 is 0 Å². The summed E-state index contributed by atoms with van der Waals surface area (Å²) in [5, 5.41) is 9.21. The molecule has 2 N–H and O–H groups in total. The number of nitrogens with zero attached hydrogens (tertiary/aromatic N) is 1. The molecule has 0 fully saturated rings. The van der Waals surface area contributed by atoms with Crippen molar-refractivity contribution in [2.24, 2.45) is 5.73 Å². The molecule has 0 saturated heterocycles. The Morgan fingerprint density at radius 3 is 2.49 bits per heavy atom. The molecule has 0 saturated carbocycles. The molecule has 10 nitrogen and oxygen atoms in total. The van der Waals surface area contributed by atoms with Crippen LogP contribution in [0.3, 0.4) is 0 Å². The van der Waals surface area contributed by atoms with E-state index in [1.165, 1.54) is 6.08 Å². The first-order chi connectivity index (χ1) is 18.8. The van der Waals surface area contributed by atoms with Crippen LogP contribution in [0, 0.1) is 10.1 Å². The molecule has 2 aromatic carbocycles. The molecule has 0 aliphatic heterocycles. The quantitative estimate of drug-likeness (QED) is 0.0489. The van der Waals surface area contributed by atoms with E-state index < -0.39 is 17.0 Å². The predicted octanol–water partition coefficient (Wildman–Crippen LogP) is 5.56. The molecule has 0 aliphatic rings. The third-order valence-corrected chi connectivity index (χ3v) is 5.56. The monoisotopic (exact) mass is 540 g/mol. The van der Waals surface area contributed by atoms with Crippen molar-refractivity contribution in [3.63, 3.8) is 0 Å². The highest BCUT2D eigenvalue weighted by atomic mass is 16.9. The van der Waals surface area contributed by atoms with Crippen LogP contribution in [-0.2, 0) is 19.1 Å². The second-order valence-corrected chi connectivity index (χ2v) is 8.64. The van der Waals surface area contributed by atoms with Crippen molar-refractivity contribution in [3.8, 4) is 5.75 Å². The summed E-state index contributed by atoms with van der Waals surface area (Å²) < 4.78 is 16.7. The number of hydrogen-bond donors (Lipinski definition) is 1. The molecule has 1 atom stereocenters. The van der Waals surface area contributed by atoms with Crippen LogP contribution in [0.25, 0.3) is 6.08 Å². The normalized spacial score (nSPS) is 11.5. The fourth-order valence-corrected chi connectivity index (χ4v) is 3.59. The highest BCUT2D eigenvalue weighted by molar-refractivity contribution is 5.93. The van der Waals surface area contributed by atoms with Crippen molar-refractivity contribution in [2.75, 3.05) is 19.8 Å². The summed E-state index contributed by atoms with van der Waals surface area (Å²) in [5.41, 5.74) is 7.48. The molecule has 0 spiro atoms. The summed E-state index contributed by atoms with van der Waals surface area (Å²) >= 11 is 0.